The molecule has 1 N–H and O–H groups in total. The summed E-state index contributed by atoms with van der Waals surface area (Å²) in [6, 6.07) is 0.838. The highest BCUT2D eigenvalue weighted by molar-refractivity contribution is 4.78. The van der Waals surface area contributed by atoms with Gasteiger partial charge in [-0.15, -0.1) is 0 Å². The molecule has 0 saturated carbocycles. The van der Waals surface area contributed by atoms with E-state index >= 15 is 0 Å². The van der Waals surface area contributed by atoms with Gasteiger partial charge in [-0.3, -0.25) is 0 Å². The molecule has 0 aromatic carbocycles. The van der Waals surface area contributed by atoms with Gasteiger partial charge in [0.25, 0.3) is 0 Å². The Hall–Kier alpha value is -0.0400. The maximum Gasteiger partial charge on any atom is 0.00700 e. The zero-order valence-electron chi connectivity index (χ0n) is 8.48. The van der Waals surface area contributed by atoms with E-state index in [0.717, 1.165) is 12.0 Å². The average Bonchev–Trinajstić information content (AvgIpc) is 2.41. The van der Waals surface area contributed by atoms with E-state index in [-0.39, 0.29) is 0 Å². The molecule has 1 rings (SSSR count). The van der Waals surface area contributed by atoms with Crippen molar-refractivity contribution in [3.63, 3.8) is 0 Å². The summed E-state index contributed by atoms with van der Waals surface area (Å²) in [6.45, 7) is 9.82. The molecule has 2 atom stereocenters. The van der Waals surface area contributed by atoms with Gasteiger partial charge in [-0.05, 0) is 25.3 Å². The van der Waals surface area contributed by atoms with Crippen molar-refractivity contribution in [3.8, 4) is 0 Å². The first-order valence-electron chi connectivity index (χ1n) is 5.06. The van der Waals surface area contributed by atoms with Crippen LogP contribution < -0.4 is 5.32 Å². The van der Waals surface area contributed by atoms with Gasteiger partial charge in [-0.1, -0.05) is 34.1 Å². The van der Waals surface area contributed by atoms with Gasteiger partial charge in [-0.2, -0.15) is 0 Å². The standard InChI is InChI=1S/C8H17N.C2H6/c1-3-4-8-5-7(2)6-9-8;1-2/h7-9H,3-6H2,1-2H3;1-2H3. The maximum absolute atomic E-state index is 3.51. The Morgan fingerprint density at radius 2 is 2.00 bits per heavy atom. The summed E-state index contributed by atoms with van der Waals surface area (Å²) in [4.78, 5) is 0. The van der Waals surface area contributed by atoms with Gasteiger partial charge >= 0.3 is 0 Å². The Balaban J connectivity index is 0.000000461. The van der Waals surface area contributed by atoms with Gasteiger partial charge in [0.1, 0.15) is 0 Å². The minimum atomic E-state index is 0.838. The van der Waals surface area contributed by atoms with Crippen LogP contribution in [0, 0.1) is 5.92 Å². The molecule has 1 fully saturated rings. The molecule has 1 heterocycles. The Labute approximate surface area is 71.6 Å². The molecule has 0 aromatic rings. The van der Waals surface area contributed by atoms with Crippen LogP contribution in [0.25, 0.3) is 0 Å². The second-order valence-electron chi connectivity index (χ2n) is 3.23. The summed E-state index contributed by atoms with van der Waals surface area (Å²) in [6.07, 6.45) is 4.09. The molecule has 1 aliphatic rings. The molecule has 68 valence electrons. The lowest BCUT2D eigenvalue weighted by Gasteiger charge is -2.06. The first-order chi connectivity index (χ1) is 5.33. The summed E-state index contributed by atoms with van der Waals surface area (Å²) >= 11 is 0. The van der Waals surface area contributed by atoms with Crippen LogP contribution in [-0.4, -0.2) is 12.6 Å². The van der Waals surface area contributed by atoms with E-state index in [2.05, 4.69) is 19.2 Å². The number of hydrogen-bond donors (Lipinski definition) is 1. The van der Waals surface area contributed by atoms with Crippen molar-refractivity contribution in [2.24, 2.45) is 5.92 Å². The van der Waals surface area contributed by atoms with Gasteiger partial charge < -0.3 is 5.32 Å². The lowest BCUT2D eigenvalue weighted by Crippen LogP contribution is -2.20. The SMILES string of the molecule is CC.CCCC1CC(C)CN1. The Kier molecular flexibility index (Phi) is 6.63. The quantitative estimate of drug-likeness (QED) is 0.650. The second-order valence-corrected chi connectivity index (χ2v) is 3.23. The second kappa shape index (κ2) is 6.66. The fourth-order valence-corrected chi connectivity index (χ4v) is 1.59. The van der Waals surface area contributed by atoms with Crippen LogP contribution in [0.5, 0.6) is 0 Å². The zero-order chi connectivity index (χ0) is 8.69. The van der Waals surface area contributed by atoms with E-state index in [9.17, 15) is 0 Å². The third kappa shape index (κ3) is 4.41. The summed E-state index contributed by atoms with van der Waals surface area (Å²) in [5.74, 6) is 0.918. The monoisotopic (exact) mass is 157 g/mol. The maximum atomic E-state index is 3.51. The van der Waals surface area contributed by atoms with Gasteiger partial charge in [-0.25, -0.2) is 0 Å². The molecule has 1 nitrogen and oxygen atoms in total. The topological polar surface area (TPSA) is 12.0 Å². The molecule has 0 aliphatic carbocycles. The average molecular weight is 157 g/mol. The molecule has 0 bridgehead atoms. The molecule has 1 aliphatic heterocycles. The van der Waals surface area contributed by atoms with Crippen LogP contribution in [0.1, 0.15) is 47.0 Å². The Morgan fingerprint density at radius 1 is 1.36 bits per heavy atom. The fourth-order valence-electron chi connectivity index (χ4n) is 1.59. The molecule has 0 spiro atoms. The predicted octanol–water partition coefficient (Wildman–Crippen LogP) is 2.81. The van der Waals surface area contributed by atoms with Crippen molar-refractivity contribution < 1.29 is 0 Å². The van der Waals surface area contributed by atoms with E-state index in [4.69, 9.17) is 0 Å². The van der Waals surface area contributed by atoms with E-state index in [1.165, 1.54) is 25.8 Å². The summed E-state index contributed by atoms with van der Waals surface area (Å²) in [5.41, 5.74) is 0. The van der Waals surface area contributed by atoms with Crippen molar-refractivity contribution in [2.75, 3.05) is 6.54 Å². The van der Waals surface area contributed by atoms with Gasteiger partial charge in [0, 0.05) is 6.04 Å². The molecule has 11 heavy (non-hydrogen) atoms. The van der Waals surface area contributed by atoms with Gasteiger partial charge in [0.2, 0.25) is 0 Å². The Bertz CT molecular complexity index is 78.9. The van der Waals surface area contributed by atoms with Crippen molar-refractivity contribution >= 4 is 0 Å². The normalized spacial score (nSPS) is 29.5. The highest BCUT2D eigenvalue weighted by Gasteiger charge is 2.18. The molecule has 0 radical (unpaired) electrons. The molecule has 0 aromatic heterocycles. The number of nitrogens with one attached hydrogen (secondary N) is 1. The highest BCUT2D eigenvalue weighted by Crippen LogP contribution is 2.15. The number of rotatable bonds is 2. The molecule has 0 amide bonds. The number of hydrogen-bond acceptors (Lipinski definition) is 1. The highest BCUT2D eigenvalue weighted by atomic mass is 14.9. The van der Waals surface area contributed by atoms with Crippen molar-refractivity contribution in [1.82, 2.24) is 5.32 Å². The van der Waals surface area contributed by atoms with Gasteiger partial charge in [0.15, 0.2) is 0 Å². The van der Waals surface area contributed by atoms with Crippen LogP contribution in [-0.2, 0) is 0 Å². The molecular weight excluding hydrogens is 134 g/mol. The van der Waals surface area contributed by atoms with Crippen LogP contribution in [0.4, 0.5) is 0 Å². The first kappa shape index (κ1) is 11.0. The molecular formula is C10H23N. The summed E-state index contributed by atoms with van der Waals surface area (Å²) in [7, 11) is 0. The fraction of sp³-hybridized carbons (Fsp3) is 1.00. The third-order valence-corrected chi connectivity index (χ3v) is 2.08. The summed E-state index contributed by atoms with van der Waals surface area (Å²) < 4.78 is 0. The van der Waals surface area contributed by atoms with Crippen LogP contribution in [0.3, 0.4) is 0 Å². The Morgan fingerprint density at radius 3 is 2.36 bits per heavy atom. The lowest BCUT2D eigenvalue weighted by molar-refractivity contribution is 0.537. The smallest absolute Gasteiger partial charge is 0.00700 e. The van der Waals surface area contributed by atoms with E-state index in [1.54, 1.807) is 0 Å². The summed E-state index contributed by atoms with van der Waals surface area (Å²) in [5, 5.41) is 3.51. The lowest BCUT2D eigenvalue weighted by atomic mass is 10.1. The predicted molar refractivity (Wildman–Crippen MR) is 51.8 cm³/mol. The minimum Gasteiger partial charge on any atom is -0.314 e. The van der Waals surface area contributed by atoms with Crippen molar-refractivity contribution in [3.05, 3.63) is 0 Å². The molecule has 1 saturated heterocycles. The van der Waals surface area contributed by atoms with Crippen molar-refractivity contribution in [2.45, 2.75) is 53.0 Å². The zero-order valence-corrected chi connectivity index (χ0v) is 8.48. The largest absolute Gasteiger partial charge is 0.314 e. The first-order valence-corrected chi connectivity index (χ1v) is 5.06. The molecule has 2 unspecified atom stereocenters. The van der Waals surface area contributed by atoms with Crippen LogP contribution in [0.2, 0.25) is 0 Å². The van der Waals surface area contributed by atoms with Crippen molar-refractivity contribution in [1.29, 1.82) is 0 Å². The minimum absolute atomic E-state index is 0.838. The van der Waals surface area contributed by atoms with E-state index < -0.39 is 0 Å². The van der Waals surface area contributed by atoms with E-state index in [1.807, 2.05) is 13.8 Å². The van der Waals surface area contributed by atoms with Crippen LogP contribution >= 0.6 is 0 Å². The van der Waals surface area contributed by atoms with E-state index in [0.29, 0.717) is 0 Å². The van der Waals surface area contributed by atoms with Crippen LogP contribution in [0.15, 0.2) is 0 Å². The third-order valence-electron chi connectivity index (χ3n) is 2.08. The van der Waals surface area contributed by atoms with Gasteiger partial charge in [0.05, 0.1) is 0 Å². The molecule has 1 heteroatoms.